The van der Waals surface area contributed by atoms with Crippen LogP contribution in [0.3, 0.4) is 0 Å². The van der Waals surface area contributed by atoms with Crippen LogP contribution in [0.25, 0.3) is 0 Å². The summed E-state index contributed by atoms with van der Waals surface area (Å²) in [4.78, 5) is 49.3. The highest BCUT2D eigenvalue weighted by molar-refractivity contribution is 6.45. The third-order valence-electron chi connectivity index (χ3n) is 3.96. The van der Waals surface area contributed by atoms with Crippen molar-refractivity contribution in [2.24, 2.45) is 5.41 Å². The van der Waals surface area contributed by atoms with E-state index in [1.165, 1.54) is 0 Å². The smallest absolute Gasteiger partial charge is 0.198 e. The average Bonchev–Trinajstić information content (AvgIpc) is 2.62. The van der Waals surface area contributed by atoms with Crippen LogP contribution in [0.15, 0.2) is 35.4 Å². The first-order chi connectivity index (χ1) is 9.82. The molecule has 0 amide bonds. The van der Waals surface area contributed by atoms with Crippen LogP contribution in [-0.4, -0.2) is 23.1 Å². The molecule has 21 heavy (non-hydrogen) atoms. The van der Waals surface area contributed by atoms with Gasteiger partial charge in [-0.05, 0) is 5.41 Å². The molecule has 3 rings (SSSR count). The zero-order valence-corrected chi connectivity index (χ0v) is 11.9. The van der Waals surface area contributed by atoms with Crippen molar-refractivity contribution in [3.8, 4) is 0 Å². The summed E-state index contributed by atoms with van der Waals surface area (Å²) in [6, 6.07) is 6.41. The van der Waals surface area contributed by atoms with Crippen LogP contribution in [0.5, 0.6) is 0 Å². The van der Waals surface area contributed by atoms with Crippen molar-refractivity contribution in [3.05, 3.63) is 46.5 Å². The molecule has 0 radical (unpaired) electrons. The molecule has 0 N–H and O–H groups in total. The van der Waals surface area contributed by atoms with Gasteiger partial charge in [0.05, 0.1) is 11.1 Å². The van der Waals surface area contributed by atoms with Gasteiger partial charge >= 0.3 is 0 Å². The minimum Gasteiger partial charge on any atom is -0.294 e. The quantitative estimate of drug-likeness (QED) is 0.541. The molecule has 2 aliphatic rings. The summed E-state index contributed by atoms with van der Waals surface area (Å²) < 4.78 is 0. The van der Waals surface area contributed by atoms with Gasteiger partial charge in [-0.25, -0.2) is 0 Å². The molecule has 0 aromatic heterocycles. The average molecular weight is 282 g/mol. The van der Waals surface area contributed by atoms with Crippen LogP contribution in [0.1, 0.15) is 47.4 Å². The number of Topliss-reactive ketones (excluding diaryl/α,β-unsaturated/α-hetero) is 4. The maximum atomic E-state index is 12.4. The molecular formula is C17H14O4. The second-order valence-electron chi connectivity index (χ2n) is 6.32. The van der Waals surface area contributed by atoms with Crippen molar-refractivity contribution in [1.82, 2.24) is 0 Å². The minimum atomic E-state index is -0.507. The van der Waals surface area contributed by atoms with E-state index in [-0.39, 0.29) is 35.1 Å². The molecule has 0 spiro atoms. The van der Waals surface area contributed by atoms with Crippen molar-refractivity contribution in [1.29, 1.82) is 0 Å². The summed E-state index contributed by atoms with van der Waals surface area (Å²) in [7, 11) is 0. The first-order valence-corrected chi connectivity index (χ1v) is 6.81. The monoisotopic (exact) mass is 282 g/mol. The van der Waals surface area contributed by atoms with E-state index in [0.717, 1.165) is 0 Å². The van der Waals surface area contributed by atoms with Crippen LogP contribution < -0.4 is 0 Å². The highest BCUT2D eigenvalue weighted by Gasteiger charge is 2.43. The normalized spacial score (nSPS) is 21.0. The van der Waals surface area contributed by atoms with Crippen molar-refractivity contribution in [2.75, 3.05) is 0 Å². The number of fused-ring (bicyclic) bond motifs is 1. The number of carbonyl (C=O) groups excluding carboxylic acids is 4. The summed E-state index contributed by atoms with van der Waals surface area (Å²) in [5, 5.41) is 0. The lowest BCUT2D eigenvalue weighted by atomic mass is 9.72. The number of hydrogen-bond donors (Lipinski definition) is 0. The fourth-order valence-corrected chi connectivity index (χ4v) is 3.02. The summed E-state index contributed by atoms with van der Waals surface area (Å²) >= 11 is 0. The van der Waals surface area contributed by atoms with Crippen LogP contribution >= 0.6 is 0 Å². The highest BCUT2D eigenvalue weighted by atomic mass is 16.2. The van der Waals surface area contributed by atoms with Gasteiger partial charge < -0.3 is 0 Å². The van der Waals surface area contributed by atoms with E-state index in [1.807, 2.05) is 13.8 Å². The molecule has 4 heteroatoms. The van der Waals surface area contributed by atoms with Gasteiger partial charge in [0.25, 0.3) is 0 Å². The maximum absolute atomic E-state index is 12.4. The van der Waals surface area contributed by atoms with Gasteiger partial charge in [0.1, 0.15) is 0 Å². The second-order valence-corrected chi connectivity index (χ2v) is 6.32. The zero-order valence-electron chi connectivity index (χ0n) is 11.9. The van der Waals surface area contributed by atoms with E-state index in [1.54, 1.807) is 24.3 Å². The van der Waals surface area contributed by atoms with E-state index in [9.17, 15) is 19.2 Å². The minimum absolute atomic E-state index is 0.175. The van der Waals surface area contributed by atoms with Gasteiger partial charge in [-0.3, -0.25) is 19.2 Å². The van der Waals surface area contributed by atoms with Crippen molar-refractivity contribution in [3.63, 3.8) is 0 Å². The van der Waals surface area contributed by atoms with Crippen LogP contribution in [0.2, 0.25) is 0 Å². The molecule has 1 aromatic rings. The van der Waals surface area contributed by atoms with E-state index in [2.05, 4.69) is 0 Å². The SMILES string of the molecule is CC1(C)CC(=O)C(=C2C(=O)c3ccccc3C2=O)C(=O)C1. The van der Waals surface area contributed by atoms with Crippen molar-refractivity contribution < 1.29 is 19.2 Å². The molecule has 1 saturated carbocycles. The lowest BCUT2D eigenvalue weighted by molar-refractivity contribution is -0.127. The van der Waals surface area contributed by atoms with Gasteiger partial charge in [-0.1, -0.05) is 38.1 Å². The Labute approximate surface area is 121 Å². The molecule has 1 aromatic carbocycles. The molecule has 4 nitrogen and oxygen atoms in total. The Morgan fingerprint density at radius 3 is 1.62 bits per heavy atom. The first kappa shape index (κ1) is 13.6. The summed E-state index contributed by atoms with van der Waals surface area (Å²) in [6.45, 7) is 3.66. The van der Waals surface area contributed by atoms with Crippen LogP contribution in [-0.2, 0) is 9.59 Å². The number of hydrogen-bond acceptors (Lipinski definition) is 4. The molecule has 0 atom stereocenters. The number of ketones is 4. The molecule has 1 fully saturated rings. The van der Waals surface area contributed by atoms with Crippen molar-refractivity contribution in [2.45, 2.75) is 26.7 Å². The predicted octanol–water partition coefficient (Wildman–Crippen LogP) is 2.32. The molecule has 2 aliphatic carbocycles. The summed E-state index contributed by atoms with van der Waals surface area (Å²) in [5.74, 6) is -1.82. The Balaban J connectivity index is 2.17. The van der Waals surface area contributed by atoms with Crippen LogP contribution in [0.4, 0.5) is 0 Å². The van der Waals surface area contributed by atoms with Gasteiger partial charge in [0, 0.05) is 24.0 Å². The number of benzene rings is 1. The third-order valence-corrected chi connectivity index (χ3v) is 3.96. The van der Waals surface area contributed by atoms with Gasteiger partial charge in [-0.15, -0.1) is 0 Å². The largest absolute Gasteiger partial charge is 0.294 e. The zero-order chi connectivity index (χ0) is 15.4. The lowest BCUT2D eigenvalue weighted by Gasteiger charge is -2.28. The van der Waals surface area contributed by atoms with Crippen molar-refractivity contribution >= 4 is 23.1 Å². The highest BCUT2D eigenvalue weighted by Crippen LogP contribution is 2.37. The predicted molar refractivity (Wildman–Crippen MR) is 75.2 cm³/mol. The molecule has 0 bridgehead atoms. The number of rotatable bonds is 0. The van der Waals surface area contributed by atoms with E-state index < -0.39 is 28.5 Å². The Morgan fingerprint density at radius 2 is 1.19 bits per heavy atom. The molecule has 0 unspecified atom stereocenters. The Morgan fingerprint density at radius 1 is 0.762 bits per heavy atom. The Hall–Kier alpha value is -2.36. The van der Waals surface area contributed by atoms with Gasteiger partial charge in [-0.2, -0.15) is 0 Å². The fourth-order valence-electron chi connectivity index (χ4n) is 3.02. The standard InChI is InChI=1S/C17H14O4/c1-17(2)7-11(18)13(12(19)8-17)14-15(20)9-5-3-4-6-10(9)16(14)21/h3-6H,7-8H2,1-2H3. The fraction of sp³-hybridized carbons (Fsp3) is 0.294. The van der Waals surface area contributed by atoms with Gasteiger partial charge in [0.2, 0.25) is 0 Å². The number of carbonyl (C=O) groups is 4. The third kappa shape index (κ3) is 1.98. The Kier molecular flexibility index (Phi) is 2.80. The molecule has 0 heterocycles. The number of allylic oxidation sites excluding steroid dienone is 2. The van der Waals surface area contributed by atoms with E-state index in [0.29, 0.717) is 0 Å². The first-order valence-electron chi connectivity index (χ1n) is 6.81. The molecular weight excluding hydrogens is 268 g/mol. The summed E-state index contributed by atoms with van der Waals surface area (Å²) in [5.41, 5.74) is -0.302. The summed E-state index contributed by atoms with van der Waals surface area (Å²) in [6.07, 6.45) is 0.350. The van der Waals surface area contributed by atoms with Gasteiger partial charge in [0.15, 0.2) is 23.1 Å². The second kappa shape index (κ2) is 4.32. The molecule has 106 valence electrons. The molecule has 0 saturated heterocycles. The lowest BCUT2D eigenvalue weighted by Crippen LogP contribution is -2.33. The van der Waals surface area contributed by atoms with E-state index >= 15 is 0 Å². The Bertz CT molecular complexity index is 691. The maximum Gasteiger partial charge on any atom is 0.198 e. The molecule has 0 aliphatic heterocycles. The van der Waals surface area contributed by atoms with E-state index in [4.69, 9.17) is 0 Å². The topological polar surface area (TPSA) is 68.3 Å². The van der Waals surface area contributed by atoms with Crippen LogP contribution in [0, 0.1) is 5.41 Å².